The summed E-state index contributed by atoms with van der Waals surface area (Å²) in [5, 5.41) is 11.1. The molecule has 1 atom stereocenters. The number of aromatic nitrogens is 6. The van der Waals surface area contributed by atoms with E-state index in [4.69, 9.17) is 15.6 Å². The standard InChI is InChI=1S/C20H20N8O2S2/c1-9-7-23-12(10(2)15(9)30-3)8-28-16-14-11(27-28)6-13(32-18(14)26-19(21)24-16)17(29)25-20-22-4-5-31-20/h4-5,7,13H,6,8H2,1-3H3,(H2,21,24,26)(H,22,25,29). The van der Waals surface area contributed by atoms with Crippen LogP contribution in [0.3, 0.4) is 0 Å². The molecule has 5 rings (SSSR count). The second-order valence-electron chi connectivity index (χ2n) is 7.37. The number of methoxy groups -OCH3 is 1. The second-order valence-corrected chi connectivity index (χ2v) is 9.46. The van der Waals surface area contributed by atoms with E-state index in [1.165, 1.54) is 23.1 Å². The van der Waals surface area contributed by atoms with Crippen molar-refractivity contribution in [2.45, 2.75) is 37.1 Å². The summed E-state index contributed by atoms with van der Waals surface area (Å²) in [5.74, 6) is 0.802. The number of nitrogens with zero attached hydrogens (tertiary/aromatic N) is 6. The number of hydrogen-bond donors (Lipinski definition) is 2. The molecule has 0 fully saturated rings. The van der Waals surface area contributed by atoms with Crippen molar-refractivity contribution in [2.75, 3.05) is 18.2 Å². The third-order valence-corrected chi connectivity index (χ3v) is 7.16. The van der Waals surface area contributed by atoms with Crippen molar-refractivity contribution >= 4 is 51.1 Å². The van der Waals surface area contributed by atoms with Crippen LogP contribution in [0.15, 0.2) is 22.8 Å². The quantitative estimate of drug-likeness (QED) is 0.424. The molecule has 1 amide bonds. The molecule has 1 aliphatic heterocycles. The zero-order valence-electron chi connectivity index (χ0n) is 17.6. The van der Waals surface area contributed by atoms with Crippen LogP contribution in [0.25, 0.3) is 11.0 Å². The molecule has 0 spiro atoms. The Balaban J connectivity index is 1.51. The Morgan fingerprint density at radius 1 is 1.34 bits per heavy atom. The summed E-state index contributed by atoms with van der Waals surface area (Å²) in [5.41, 5.74) is 10.1. The minimum atomic E-state index is -0.397. The number of ether oxygens (including phenoxy) is 1. The van der Waals surface area contributed by atoms with Gasteiger partial charge in [-0.15, -0.1) is 11.3 Å². The van der Waals surface area contributed by atoms with Gasteiger partial charge in [0, 0.05) is 35.3 Å². The number of thiazole rings is 1. The summed E-state index contributed by atoms with van der Waals surface area (Å²) in [4.78, 5) is 30.4. The highest BCUT2D eigenvalue weighted by atomic mass is 32.2. The minimum absolute atomic E-state index is 0.139. The third-order valence-electron chi connectivity index (χ3n) is 5.29. The summed E-state index contributed by atoms with van der Waals surface area (Å²) in [6.07, 6.45) is 3.89. The number of hydrogen-bond acceptors (Lipinski definition) is 10. The lowest BCUT2D eigenvalue weighted by atomic mass is 10.1. The molecule has 3 N–H and O–H groups in total. The topological polar surface area (TPSA) is 134 Å². The van der Waals surface area contributed by atoms with E-state index in [9.17, 15) is 4.79 Å². The summed E-state index contributed by atoms with van der Waals surface area (Å²) >= 11 is 2.74. The number of thioether (sulfide) groups is 1. The van der Waals surface area contributed by atoms with Crippen LogP contribution in [0.1, 0.15) is 22.5 Å². The highest BCUT2D eigenvalue weighted by Crippen LogP contribution is 2.39. The van der Waals surface area contributed by atoms with Crippen LogP contribution in [0, 0.1) is 13.8 Å². The molecule has 0 aliphatic carbocycles. The summed E-state index contributed by atoms with van der Waals surface area (Å²) in [6, 6.07) is 0. The summed E-state index contributed by atoms with van der Waals surface area (Å²) < 4.78 is 7.31. The van der Waals surface area contributed by atoms with Crippen LogP contribution < -0.4 is 15.8 Å². The first kappa shape index (κ1) is 20.6. The fraction of sp³-hybridized carbons (Fsp3) is 0.300. The number of rotatable bonds is 5. The lowest BCUT2D eigenvalue weighted by molar-refractivity contribution is -0.115. The van der Waals surface area contributed by atoms with Gasteiger partial charge in [0.25, 0.3) is 0 Å². The van der Waals surface area contributed by atoms with Crippen LogP contribution in [-0.2, 0) is 17.8 Å². The number of carbonyl (C=O) groups excluding carboxylic acids is 1. The van der Waals surface area contributed by atoms with Gasteiger partial charge in [0.05, 0.1) is 35.7 Å². The van der Waals surface area contributed by atoms with Crippen molar-refractivity contribution in [3.05, 3.63) is 40.3 Å². The molecule has 1 unspecified atom stereocenters. The number of aryl methyl sites for hydroxylation is 1. The van der Waals surface area contributed by atoms with E-state index in [2.05, 4.69) is 25.3 Å². The van der Waals surface area contributed by atoms with E-state index in [0.29, 0.717) is 28.8 Å². The molecule has 10 nitrogen and oxygen atoms in total. The smallest absolute Gasteiger partial charge is 0.240 e. The van der Waals surface area contributed by atoms with Crippen molar-refractivity contribution in [2.24, 2.45) is 0 Å². The fourth-order valence-electron chi connectivity index (χ4n) is 3.81. The van der Waals surface area contributed by atoms with Crippen LogP contribution >= 0.6 is 23.1 Å². The Bertz CT molecular complexity index is 1340. The molecule has 32 heavy (non-hydrogen) atoms. The van der Waals surface area contributed by atoms with Crippen molar-refractivity contribution in [3.8, 4) is 5.75 Å². The number of nitrogens with two attached hydrogens (primary N) is 1. The van der Waals surface area contributed by atoms with Crippen molar-refractivity contribution in [1.82, 2.24) is 29.7 Å². The maximum atomic E-state index is 12.8. The molecule has 0 saturated heterocycles. The second kappa shape index (κ2) is 8.02. The van der Waals surface area contributed by atoms with Gasteiger partial charge in [-0.3, -0.25) is 9.78 Å². The average molecular weight is 469 g/mol. The molecule has 0 bridgehead atoms. The van der Waals surface area contributed by atoms with E-state index in [-0.39, 0.29) is 11.9 Å². The first-order valence-electron chi connectivity index (χ1n) is 9.83. The molecule has 164 valence electrons. The number of amides is 1. The lowest BCUT2D eigenvalue weighted by Crippen LogP contribution is -2.29. The first-order chi connectivity index (χ1) is 15.4. The fourth-order valence-corrected chi connectivity index (χ4v) is 5.49. The van der Waals surface area contributed by atoms with E-state index in [1.54, 1.807) is 24.2 Å². The molecule has 1 aliphatic rings. The Kier molecular flexibility index (Phi) is 5.18. The normalized spacial score (nSPS) is 15.2. The predicted octanol–water partition coefficient (Wildman–Crippen LogP) is 2.59. The molecule has 12 heteroatoms. The number of nitrogen functional groups attached to an aromatic ring is 1. The molecule has 0 aromatic carbocycles. The summed E-state index contributed by atoms with van der Waals surface area (Å²) in [7, 11) is 1.65. The van der Waals surface area contributed by atoms with Crippen molar-refractivity contribution < 1.29 is 9.53 Å². The molecular weight excluding hydrogens is 448 g/mol. The van der Waals surface area contributed by atoms with Gasteiger partial charge in [-0.2, -0.15) is 10.1 Å². The molecule has 0 saturated carbocycles. The monoisotopic (exact) mass is 468 g/mol. The van der Waals surface area contributed by atoms with Crippen LogP contribution in [-0.4, -0.2) is 48.0 Å². The van der Waals surface area contributed by atoms with Gasteiger partial charge >= 0.3 is 0 Å². The van der Waals surface area contributed by atoms with Gasteiger partial charge in [-0.1, -0.05) is 11.8 Å². The number of pyridine rings is 1. The maximum absolute atomic E-state index is 12.8. The van der Waals surface area contributed by atoms with E-state index in [1.807, 2.05) is 19.2 Å². The van der Waals surface area contributed by atoms with E-state index >= 15 is 0 Å². The Labute approximate surface area is 191 Å². The molecular formula is C20H20N8O2S2. The molecule has 4 aromatic heterocycles. The van der Waals surface area contributed by atoms with Crippen LogP contribution in [0.2, 0.25) is 0 Å². The Morgan fingerprint density at radius 3 is 2.94 bits per heavy atom. The van der Waals surface area contributed by atoms with Gasteiger partial charge in [0.15, 0.2) is 10.8 Å². The number of nitrogens with one attached hydrogen (secondary N) is 1. The number of anilines is 2. The molecule has 0 radical (unpaired) electrons. The zero-order valence-corrected chi connectivity index (χ0v) is 19.3. The Hall–Kier alpha value is -3.25. The van der Waals surface area contributed by atoms with Crippen molar-refractivity contribution in [1.29, 1.82) is 0 Å². The highest BCUT2D eigenvalue weighted by Gasteiger charge is 2.32. The zero-order chi connectivity index (χ0) is 22.4. The lowest BCUT2D eigenvalue weighted by Gasteiger charge is -2.19. The molecule has 5 heterocycles. The molecule has 4 aromatic rings. The largest absolute Gasteiger partial charge is 0.496 e. The maximum Gasteiger partial charge on any atom is 0.240 e. The average Bonchev–Trinajstić information content (AvgIpc) is 3.39. The van der Waals surface area contributed by atoms with Gasteiger partial charge in [-0.25, -0.2) is 14.6 Å². The van der Waals surface area contributed by atoms with E-state index < -0.39 is 5.25 Å². The first-order valence-corrected chi connectivity index (χ1v) is 11.6. The predicted molar refractivity (Wildman–Crippen MR) is 123 cm³/mol. The van der Waals surface area contributed by atoms with Gasteiger partial charge in [-0.05, 0) is 13.8 Å². The van der Waals surface area contributed by atoms with Gasteiger partial charge in [0.2, 0.25) is 11.9 Å². The Morgan fingerprint density at radius 2 is 2.19 bits per heavy atom. The third kappa shape index (κ3) is 3.54. The summed E-state index contributed by atoms with van der Waals surface area (Å²) in [6.45, 7) is 4.33. The highest BCUT2D eigenvalue weighted by molar-refractivity contribution is 8.00. The number of carbonyl (C=O) groups is 1. The minimum Gasteiger partial charge on any atom is -0.496 e. The van der Waals surface area contributed by atoms with Gasteiger partial charge < -0.3 is 15.8 Å². The van der Waals surface area contributed by atoms with E-state index in [0.717, 1.165) is 33.7 Å². The SMILES string of the molecule is COc1c(C)cnc(Cn2nc3c4c(nc(N)nc42)SC(C(=O)Nc2nccs2)C3)c1C. The van der Waals surface area contributed by atoms with Crippen molar-refractivity contribution in [3.63, 3.8) is 0 Å². The van der Waals surface area contributed by atoms with Crippen LogP contribution in [0.4, 0.5) is 11.1 Å². The van der Waals surface area contributed by atoms with Gasteiger partial charge in [0.1, 0.15) is 10.8 Å². The van der Waals surface area contributed by atoms with Crippen LogP contribution in [0.5, 0.6) is 5.75 Å².